The fourth-order valence-electron chi connectivity index (χ4n) is 12.5. The molecule has 2 fully saturated rings. The van der Waals surface area contributed by atoms with Crippen LogP contribution in [0.3, 0.4) is 0 Å². The molecular weight excluding hydrogens is 1180 g/mol. The van der Waals surface area contributed by atoms with Gasteiger partial charge < -0.3 is 85.5 Å². The van der Waals surface area contributed by atoms with E-state index >= 15 is 0 Å². The topological polar surface area (TPSA) is 381 Å². The molecule has 23 heteroatoms. The van der Waals surface area contributed by atoms with Crippen LogP contribution in [-0.2, 0) is 46.8 Å². The summed E-state index contributed by atoms with van der Waals surface area (Å²) in [4.78, 5) is 81.3. The van der Waals surface area contributed by atoms with Gasteiger partial charge in [-0.25, -0.2) is 0 Å². The fraction of sp³-hybridized carbons (Fsp3) is 0.500. The van der Waals surface area contributed by atoms with Crippen LogP contribution in [0.4, 0.5) is 0 Å². The molecular formula is C68H86N2O21. The number of hydrogen-bond acceptors (Lipinski definition) is 23. The largest absolute Gasteiger partial charge is 0.507 e. The van der Waals surface area contributed by atoms with Gasteiger partial charge >= 0.3 is 0 Å². The number of carbonyl (C=O) groups is 6. The Morgan fingerprint density at radius 3 is 1.41 bits per heavy atom. The van der Waals surface area contributed by atoms with E-state index in [0.717, 1.165) is 0 Å². The average Bonchev–Trinajstić information content (AvgIpc) is 0.710. The maximum atomic E-state index is 14.4. The van der Waals surface area contributed by atoms with Crippen molar-refractivity contribution in [1.82, 2.24) is 0 Å². The second-order valence-corrected chi connectivity index (χ2v) is 25.8. The summed E-state index contributed by atoms with van der Waals surface area (Å²) in [7, 11) is 4.11. The molecule has 12 atom stereocenters. The number of phenolic OH excluding ortho intramolecular Hbond substituents is 2. The standard InChI is InChI=1S/C32H39NO10.C27H29NO11.C6H12.C3H6/c1-14-27(36)17(33)10-21(42-14)43-19-12-32(39,20(35)13-34)11-16-22(19)26(31(2,3)4)24-25(30(16)41-6)28(37)15-8-7-9-18(40-5)23(15)29(24)38;1-10-22(31)13(28)6-17(38-10)39-15-8-27(36,16(30)9-29)7-12-19(15)26(35)21-20(24(12)33)23(32)11-4-3-5-14(37-2)18(11)25(21)34;1-5-6(2,3)4;1-3-2/h7-9,14,17,19,21,27,34,36,39H,10-13,33H2,1-6H3;3-5,10,13,15,17,22,29,31,33,35-36H,6-9,28H2,1-2H3;5H,1H2,2-4H3;3H,1H2,2H3/t14?,17?,19-,21?,27?,32-;10?,13?,15-,17?,22?,27-;;/m00../s1. The van der Waals surface area contributed by atoms with Gasteiger partial charge in [-0.3, -0.25) is 28.8 Å². The lowest BCUT2D eigenvalue weighted by molar-refractivity contribution is -0.247. The minimum Gasteiger partial charge on any atom is -0.507 e. The molecule has 91 heavy (non-hydrogen) atoms. The first-order valence-electron chi connectivity index (χ1n) is 29.9. The van der Waals surface area contributed by atoms with E-state index in [4.69, 9.17) is 44.6 Å². The lowest BCUT2D eigenvalue weighted by Gasteiger charge is -2.44. The van der Waals surface area contributed by atoms with Crippen molar-refractivity contribution >= 4 is 34.7 Å². The number of fused-ring (bicyclic) bond motifs is 6. The molecule has 0 amide bonds. The summed E-state index contributed by atoms with van der Waals surface area (Å²) >= 11 is 0. The van der Waals surface area contributed by atoms with E-state index in [1.54, 1.807) is 38.1 Å². The molecule has 2 heterocycles. The number of hydrogen-bond donors (Lipinski definition) is 10. The molecule has 4 aromatic rings. The number of allylic oxidation sites excluding steroid dienone is 2. The van der Waals surface area contributed by atoms with Gasteiger partial charge in [0.2, 0.25) is 5.78 Å². The van der Waals surface area contributed by atoms with Crippen LogP contribution >= 0.6 is 0 Å². The van der Waals surface area contributed by atoms with Gasteiger partial charge in [-0.15, -0.1) is 13.2 Å². The summed E-state index contributed by atoms with van der Waals surface area (Å²) in [5, 5.41) is 85.5. The molecule has 4 aromatic carbocycles. The molecule has 0 aromatic heterocycles. The summed E-state index contributed by atoms with van der Waals surface area (Å²) in [6.07, 6.45) is -5.40. The molecule has 0 bridgehead atoms. The maximum absolute atomic E-state index is 14.4. The van der Waals surface area contributed by atoms with Crippen LogP contribution in [0, 0.1) is 5.41 Å². The molecule has 12 N–H and O–H groups in total. The number of aliphatic hydroxyl groups is 6. The zero-order valence-corrected chi connectivity index (χ0v) is 53.5. The first kappa shape index (κ1) is 71.3. The van der Waals surface area contributed by atoms with Crippen molar-refractivity contribution in [3.05, 3.63) is 134 Å². The number of nitrogens with two attached hydrogens (primary N) is 2. The number of phenols is 2. The van der Waals surface area contributed by atoms with Gasteiger partial charge in [0.25, 0.3) is 0 Å². The fourth-order valence-corrected chi connectivity index (χ4v) is 12.5. The van der Waals surface area contributed by atoms with Crippen LogP contribution in [0.5, 0.6) is 28.7 Å². The lowest BCUT2D eigenvalue weighted by Crippen LogP contribution is -2.53. The first-order valence-corrected chi connectivity index (χ1v) is 29.9. The van der Waals surface area contributed by atoms with Crippen molar-refractivity contribution in [3.63, 3.8) is 0 Å². The number of ketones is 6. The van der Waals surface area contributed by atoms with Gasteiger partial charge in [-0.05, 0) is 54.9 Å². The number of aromatic hydroxyl groups is 2. The predicted molar refractivity (Wildman–Crippen MR) is 331 cm³/mol. The highest BCUT2D eigenvalue weighted by Gasteiger charge is 2.53. The van der Waals surface area contributed by atoms with Crippen molar-refractivity contribution in [2.45, 2.75) is 179 Å². The molecule has 2 aliphatic heterocycles. The normalized spacial score (nSPS) is 27.2. The van der Waals surface area contributed by atoms with Crippen molar-refractivity contribution in [2.24, 2.45) is 16.9 Å². The Morgan fingerprint density at radius 2 is 1.02 bits per heavy atom. The molecule has 0 radical (unpaired) electrons. The summed E-state index contributed by atoms with van der Waals surface area (Å²) in [6, 6.07) is 7.77. The van der Waals surface area contributed by atoms with Crippen molar-refractivity contribution in [2.75, 3.05) is 34.5 Å². The quantitative estimate of drug-likeness (QED) is 0.0580. The second kappa shape index (κ2) is 27.6. The van der Waals surface area contributed by atoms with Gasteiger partial charge in [0, 0.05) is 84.0 Å². The summed E-state index contributed by atoms with van der Waals surface area (Å²) in [6.45, 7) is 22.2. The number of rotatable bonds is 11. The van der Waals surface area contributed by atoms with Crippen molar-refractivity contribution < 1.29 is 103 Å². The first-order chi connectivity index (χ1) is 42.6. The van der Waals surface area contributed by atoms with E-state index in [-0.39, 0.29) is 87.4 Å². The third-order valence-corrected chi connectivity index (χ3v) is 17.2. The van der Waals surface area contributed by atoms with Crippen LogP contribution in [0.25, 0.3) is 0 Å². The molecule has 10 rings (SSSR count). The monoisotopic (exact) mass is 1270 g/mol. The number of benzene rings is 4. The highest BCUT2D eigenvalue weighted by atomic mass is 16.7. The zero-order valence-electron chi connectivity index (χ0n) is 53.5. The number of aliphatic hydroxyl groups excluding tert-OH is 4. The third-order valence-electron chi connectivity index (χ3n) is 17.2. The van der Waals surface area contributed by atoms with E-state index < -0.39 is 161 Å². The lowest BCUT2D eigenvalue weighted by atomic mass is 9.65. The number of carbonyl (C=O) groups excluding carboxylic acids is 6. The van der Waals surface area contributed by atoms with Gasteiger partial charge in [-0.1, -0.05) is 78.0 Å². The van der Waals surface area contributed by atoms with Crippen LogP contribution < -0.4 is 25.7 Å². The van der Waals surface area contributed by atoms with E-state index in [9.17, 15) is 69.6 Å². The molecule has 6 aliphatic rings. The molecule has 0 spiro atoms. The average molecular weight is 1270 g/mol. The Hall–Kier alpha value is -7.10. The summed E-state index contributed by atoms with van der Waals surface area (Å²) in [5.74, 6) is -5.18. The van der Waals surface area contributed by atoms with Gasteiger partial charge in [0.15, 0.2) is 41.5 Å². The van der Waals surface area contributed by atoms with Gasteiger partial charge in [0.05, 0.1) is 85.8 Å². The van der Waals surface area contributed by atoms with Crippen LogP contribution in [0.1, 0.15) is 192 Å². The van der Waals surface area contributed by atoms with Crippen LogP contribution in [0.15, 0.2) is 61.7 Å². The number of ether oxygens (including phenoxy) is 7. The SMILES string of the molecule is C=CC.C=CC(C)(C)C.COc1cccc2c1C(=O)c1c(O)c3c(c(O)c1C2=O)C[C@@](O)(C(=O)CO)C[C@@H]3OC1CC(N)C(O)C(C)O1.COc1cccc2c1C(=O)c1c(c(OC)c3c(c1C(C)(C)C)[C@@H](OC1CC(N)C(O)C(C)O1)C[C@](O)(C(=O)CO)C3)C2=O. The third kappa shape index (κ3) is 13.6. The van der Waals surface area contributed by atoms with E-state index in [1.807, 2.05) is 33.8 Å². The molecule has 0 saturated carbocycles. The predicted octanol–water partition coefficient (Wildman–Crippen LogP) is 5.31. The van der Waals surface area contributed by atoms with E-state index in [2.05, 4.69) is 33.9 Å². The Kier molecular flexibility index (Phi) is 21.7. The number of Topliss-reactive ketones (excluding diaryl/α,β-unsaturated/α-hetero) is 2. The molecule has 8 unspecified atom stereocenters. The van der Waals surface area contributed by atoms with E-state index in [1.165, 1.54) is 39.5 Å². The van der Waals surface area contributed by atoms with Crippen LogP contribution in [0.2, 0.25) is 0 Å². The minimum atomic E-state index is -2.24. The van der Waals surface area contributed by atoms with Crippen LogP contribution in [-0.4, -0.2) is 170 Å². The highest BCUT2D eigenvalue weighted by Crippen LogP contribution is 2.55. The Bertz CT molecular complexity index is 3500. The Labute approximate surface area is 528 Å². The van der Waals surface area contributed by atoms with Crippen molar-refractivity contribution in [3.8, 4) is 28.7 Å². The molecule has 2 saturated heterocycles. The summed E-state index contributed by atoms with van der Waals surface area (Å²) < 4.78 is 40.7. The highest BCUT2D eigenvalue weighted by molar-refractivity contribution is 6.32. The summed E-state index contributed by atoms with van der Waals surface area (Å²) in [5.41, 5.74) is 7.81. The molecule has 494 valence electrons. The molecule has 4 aliphatic carbocycles. The van der Waals surface area contributed by atoms with E-state index in [0.29, 0.717) is 22.1 Å². The van der Waals surface area contributed by atoms with Gasteiger partial charge in [0.1, 0.15) is 53.2 Å². The Balaban J connectivity index is 0.000000229. The van der Waals surface area contributed by atoms with Crippen molar-refractivity contribution in [1.29, 1.82) is 0 Å². The second-order valence-electron chi connectivity index (χ2n) is 25.8. The minimum absolute atomic E-state index is 0.0173. The molecule has 23 nitrogen and oxygen atoms in total. The zero-order chi connectivity index (χ0) is 67.9. The maximum Gasteiger partial charge on any atom is 0.202 e. The smallest absolute Gasteiger partial charge is 0.202 e. The van der Waals surface area contributed by atoms with Gasteiger partial charge in [-0.2, -0.15) is 0 Å². The Morgan fingerprint density at radius 1 is 0.626 bits per heavy atom. The number of methoxy groups -OCH3 is 3.